The molecule has 0 unspecified atom stereocenters. The monoisotopic (exact) mass is 248 g/mol. The first-order valence-electron chi connectivity index (χ1n) is 7.90. The zero-order chi connectivity index (χ0) is 13.1. The fourth-order valence-corrected chi connectivity index (χ4v) is 5.56. The van der Waals surface area contributed by atoms with Gasteiger partial charge in [-0.1, -0.05) is 27.7 Å². The molecule has 0 aliphatic heterocycles. The van der Waals surface area contributed by atoms with Crippen molar-refractivity contribution in [2.45, 2.75) is 66.2 Å². The minimum atomic E-state index is 0.0534. The van der Waals surface area contributed by atoms with Crippen LogP contribution in [0.1, 0.15) is 66.2 Å². The van der Waals surface area contributed by atoms with Crippen molar-refractivity contribution >= 4 is 5.78 Å². The van der Waals surface area contributed by atoms with Crippen molar-refractivity contribution in [2.24, 2.45) is 34.5 Å². The van der Waals surface area contributed by atoms with E-state index in [2.05, 4.69) is 27.7 Å². The summed E-state index contributed by atoms with van der Waals surface area (Å²) in [4.78, 5) is 12.2. The molecule has 3 aliphatic carbocycles. The molecule has 0 aromatic heterocycles. The lowest BCUT2D eigenvalue weighted by Gasteiger charge is -2.56. The predicted octanol–water partition coefficient (Wildman–Crippen LogP) is 4.45. The predicted molar refractivity (Wildman–Crippen MR) is 74.2 cm³/mol. The van der Waals surface area contributed by atoms with E-state index >= 15 is 0 Å². The van der Waals surface area contributed by atoms with E-state index in [0.717, 1.165) is 30.6 Å². The van der Waals surface area contributed by atoms with Crippen molar-refractivity contribution < 1.29 is 4.79 Å². The van der Waals surface area contributed by atoms with Crippen LogP contribution in [0.3, 0.4) is 0 Å². The van der Waals surface area contributed by atoms with Gasteiger partial charge >= 0.3 is 0 Å². The molecular formula is C17H28O. The van der Waals surface area contributed by atoms with Gasteiger partial charge in [-0.15, -0.1) is 0 Å². The van der Waals surface area contributed by atoms with Crippen LogP contribution < -0.4 is 0 Å². The van der Waals surface area contributed by atoms with Crippen LogP contribution in [0, 0.1) is 34.5 Å². The Morgan fingerprint density at radius 3 is 2.44 bits per heavy atom. The maximum Gasteiger partial charge on any atom is 0.139 e. The van der Waals surface area contributed by atoms with Gasteiger partial charge < -0.3 is 0 Å². The molecule has 0 bridgehead atoms. The van der Waals surface area contributed by atoms with Crippen LogP contribution in [0.25, 0.3) is 0 Å². The first-order valence-corrected chi connectivity index (χ1v) is 7.90. The lowest BCUT2D eigenvalue weighted by Crippen LogP contribution is -2.50. The van der Waals surface area contributed by atoms with Crippen LogP contribution >= 0.6 is 0 Å². The van der Waals surface area contributed by atoms with Crippen molar-refractivity contribution in [3.05, 3.63) is 0 Å². The molecule has 0 aromatic rings. The molecule has 18 heavy (non-hydrogen) atoms. The van der Waals surface area contributed by atoms with Gasteiger partial charge in [-0.05, 0) is 61.2 Å². The SMILES string of the molecule is C[C@@H]1CC[C@@H]2[C@H](CC[C@]3(C)C(=O)CC[C@@H]23)C1(C)C. The van der Waals surface area contributed by atoms with Gasteiger partial charge in [-0.25, -0.2) is 0 Å². The van der Waals surface area contributed by atoms with Crippen LogP contribution in [0.4, 0.5) is 0 Å². The average Bonchev–Trinajstić information content (AvgIpc) is 2.61. The van der Waals surface area contributed by atoms with Crippen LogP contribution in [-0.2, 0) is 4.79 Å². The number of ketones is 1. The van der Waals surface area contributed by atoms with Gasteiger partial charge in [-0.3, -0.25) is 4.79 Å². The zero-order valence-corrected chi connectivity index (χ0v) is 12.5. The van der Waals surface area contributed by atoms with E-state index in [1.807, 2.05) is 0 Å². The second-order valence-electron chi connectivity index (χ2n) is 8.09. The maximum atomic E-state index is 12.2. The fourth-order valence-electron chi connectivity index (χ4n) is 5.56. The topological polar surface area (TPSA) is 17.1 Å². The Morgan fingerprint density at radius 1 is 1.00 bits per heavy atom. The second-order valence-corrected chi connectivity index (χ2v) is 8.09. The molecule has 0 N–H and O–H groups in total. The summed E-state index contributed by atoms with van der Waals surface area (Å²) in [5.74, 6) is 3.82. The van der Waals surface area contributed by atoms with Gasteiger partial charge in [-0.2, -0.15) is 0 Å². The van der Waals surface area contributed by atoms with Crippen LogP contribution in [0.2, 0.25) is 0 Å². The van der Waals surface area contributed by atoms with Crippen molar-refractivity contribution in [1.29, 1.82) is 0 Å². The van der Waals surface area contributed by atoms with Crippen molar-refractivity contribution in [3.8, 4) is 0 Å². The van der Waals surface area contributed by atoms with Gasteiger partial charge in [0.2, 0.25) is 0 Å². The number of carbonyl (C=O) groups is 1. The van der Waals surface area contributed by atoms with Crippen LogP contribution in [0.5, 0.6) is 0 Å². The molecule has 1 heteroatoms. The van der Waals surface area contributed by atoms with Crippen molar-refractivity contribution in [2.75, 3.05) is 0 Å². The second kappa shape index (κ2) is 3.84. The molecule has 5 atom stereocenters. The third kappa shape index (κ3) is 1.48. The van der Waals surface area contributed by atoms with E-state index in [9.17, 15) is 4.79 Å². The quantitative estimate of drug-likeness (QED) is 0.619. The molecule has 0 aromatic carbocycles. The minimum absolute atomic E-state index is 0.0534. The summed E-state index contributed by atoms with van der Waals surface area (Å²) in [6.07, 6.45) is 7.24. The lowest BCUT2D eigenvalue weighted by molar-refractivity contribution is -0.134. The molecule has 3 saturated carbocycles. The smallest absolute Gasteiger partial charge is 0.139 e. The minimum Gasteiger partial charge on any atom is -0.299 e. The summed E-state index contributed by atoms with van der Waals surface area (Å²) in [6.45, 7) is 9.67. The van der Waals surface area contributed by atoms with E-state index in [-0.39, 0.29) is 5.41 Å². The Morgan fingerprint density at radius 2 is 1.72 bits per heavy atom. The fraction of sp³-hybridized carbons (Fsp3) is 0.941. The molecule has 3 rings (SSSR count). The first kappa shape index (κ1) is 12.7. The Bertz CT molecular complexity index is 370. The Kier molecular flexibility index (Phi) is 2.70. The molecule has 0 amide bonds. The summed E-state index contributed by atoms with van der Waals surface area (Å²) in [5, 5.41) is 0. The first-order chi connectivity index (χ1) is 8.37. The van der Waals surface area contributed by atoms with Gasteiger partial charge in [0.1, 0.15) is 5.78 Å². The zero-order valence-electron chi connectivity index (χ0n) is 12.5. The third-order valence-electron chi connectivity index (χ3n) is 7.30. The highest BCUT2D eigenvalue weighted by Crippen LogP contribution is 2.62. The highest BCUT2D eigenvalue weighted by Gasteiger charge is 2.57. The highest BCUT2D eigenvalue weighted by molar-refractivity contribution is 5.87. The number of rotatable bonds is 0. The number of Topliss-reactive ketones (excluding diaryl/α,β-unsaturated/α-hetero) is 1. The molecule has 0 spiro atoms. The van der Waals surface area contributed by atoms with Gasteiger partial charge in [0.15, 0.2) is 0 Å². The number of carbonyl (C=O) groups excluding carboxylic acids is 1. The molecule has 102 valence electrons. The lowest BCUT2D eigenvalue weighted by atomic mass is 9.48. The number of hydrogen-bond donors (Lipinski definition) is 0. The maximum absolute atomic E-state index is 12.2. The molecular weight excluding hydrogens is 220 g/mol. The highest BCUT2D eigenvalue weighted by atomic mass is 16.1. The number of hydrogen-bond acceptors (Lipinski definition) is 1. The molecule has 3 fully saturated rings. The molecule has 0 heterocycles. The summed E-state index contributed by atoms with van der Waals surface area (Å²) in [5.41, 5.74) is 0.535. The number of fused-ring (bicyclic) bond motifs is 3. The van der Waals surface area contributed by atoms with Gasteiger partial charge in [0.05, 0.1) is 0 Å². The Balaban J connectivity index is 1.92. The Labute approximate surface area is 112 Å². The standard InChI is InChI=1S/C17H28O/c1-11-5-6-12-13(16(11,2)3)9-10-17(4)14(12)7-8-15(17)18/h11-14H,5-10H2,1-4H3/t11-,12-,13+,14+,17+/m1/s1. The van der Waals surface area contributed by atoms with Gasteiger partial charge in [0.25, 0.3) is 0 Å². The van der Waals surface area contributed by atoms with E-state index in [4.69, 9.17) is 0 Å². The average molecular weight is 248 g/mol. The van der Waals surface area contributed by atoms with Crippen LogP contribution in [-0.4, -0.2) is 5.78 Å². The van der Waals surface area contributed by atoms with Crippen molar-refractivity contribution in [3.63, 3.8) is 0 Å². The van der Waals surface area contributed by atoms with E-state index < -0.39 is 0 Å². The summed E-state index contributed by atoms with van der Waals surface area (Å²) >= 11 is 0. The normalized spacial score (nSPS) is 50.8. The van der Waals surface area contributed by atoms with E-state index in [1.165, 1.54) is 25.7 Å². The Hall–Kier alpha value is -0.330. The molecule has 0 radical (unpaired) electrons. The summed E-state index contributed by atoms with van der Waals surface area (Å²) < 4.78 is 0. The molecule has 0 saturated heterocycles. The third-order valence-corrected chi connectivity index (χ3v) is 7.30. The van der Waals surface area contributed by atoms with Crippen molar-refractivity contribution in [1.82, 2.24) is 0 Å². The van der Waals surface area contributed by atoms with E-state index in [1.54, 1.807) is 0 Å². The van der Waals surface area contributed by atoms with Gasteiger partial charge in [0, 0.05) is 11.8 Å². The van der Waals surface area contributed by atoms with E-state index in [0.29, 0.717) is 17.1 Å². The summed E-state index contributed by atoms with van der Waals surface area (Å²) in [6, 6.07) is 0. The molecule has 1 nitrogen and oxygen atoms in total. The molecule has 3 aliphatic rings. The summed E-state index contributed by atoms with van der Waals surface area (Å²) in [7, 11) is 0. The largest absolute Gasteiger partial charge is 0.299 e. The van der Waals surface area contributed by atoms with Crippen LogP contribution in [0.15, 0.2) is 0 Å².